The SMILES string of the molecule is CCOC(=O)[C@@H](CCN[C@@H](C)C(=O)N(CC(=O)O)C1Cc2ccccc2C1)c1ccccc1. The third kappa shape index (κ3) is 6.42. The van der Waals surface area contributed by atoms with Crippen LogP contribution in [-0.4, -0.2) is 59.6 Å². The average molecular weight is 453 g/mol. The van der Waals surface area contributed by atoms with Gasteiger partial charge in [0, 0.05) is 6.04 Å². The van der Waals surface area contributed by atoms with Gasteiger partial charge in [-0.15, -0.1) is 0 Å². The van der Waals surface area contributed by atoms with Crippen molar-refractivity contribution < 1.29 is 24.2 Å². The smallest absolute Gasteiger partial charge is 0.323 e. The minimum atomic E-state index is -1.03. The summed E-state index contributed by atoms with van der Waals surface area (Å²) in [5, 5.41) is 12.6. The number of carboxylic acid groups (broad SMARTS) is 1. The fourth-order valence-corrected chi connectivity index (χ4v) is 4.42. The van der Waals surface area contributed by atoms with Gasteiger partial charge in [-0.2, -0.15) is 0 Å². The van der Waals surface area contributed by atoms with Crippen LogP contribution >= 0.6 is 0 Å². The monoisotopic (exact) mass is 452 g/mol. The molecule has 0 aromatic heterocycles. The van der Waals surface area contributed by atoms with Gasteiger partial charge in [0.1, 0.15) is 6.54 Å². The lowest BCUT2D eigenvalue weighted by Gasteiger charge is -2.30. The lowest BCUT2D eigenvalue weighted by atomic mass is 9.95. The number of hydrogen-bond donors (Lipinski definition) is 2. The zero-order valence-electron chi connectivity index (χ0n) is 19.2. The van der Waals surface area contributed by atoms with E-state index >= 15 is 0 Å². The van der Waals surface area contributed by atoms with Crippen LogP contribution in [0.2, 0.25) is 0 Å². The summed E-state index contributed by atoms with van der Waals surface area (Å²) in [6.07, 6.45) is 1.77. The van der Waals surface area contributed by atoms with Crippen molar-refractivity contribution in [1.82, 2.24) is 10.2 Å². The van der Waals surface area contributed by atoms with Crippen molar-refractivity contribution in [1.29, 1.82) is 0 Å². The summed E-state index contributed by atoms with van der Waals surface area (Å²) in [6, 6.07) is 16.7. The maximum absolute atomic E-state index is 13.2. The van der Waals surface area contributed by atoms with Gasteiger partial charge in [-0.25, -0.2) is 0 Å². The summed E-state index contributed by atoms with van der Waals surface area (Å²) in [5.74, 6) is -2.00. The Hall–Kier alpha value is -3.19. The Morgan fingerprint density at radius 3 is 2.24 bits per heavy atom. The van der Waals surface area contributed by atoms with Crippen LogP contribution in [-0.2, 0) is 32.0 Å². The third-order valence-electron chi connectivity index (χ3n) is 6.09. The molecule has 0 radical (unpaired) electrons. The normalized spacial score (nSPS) is 14.8. The number of nitrogens with one attached hydrogen (secondary N) is 1. The molecule has 2 atom stereocenters. The maximum atomic E-state index is 13.2. The second kappa shape index (κ2) is 11.6. The molecule has 2 N–H and O–H groups in total. The van der Waals surface area contributed by atoms with Crippen LogP contribution in [0.5, 0.6) is 0 Å². The van der Waals surface area contributed by atoms with E-state index in [1.165, 1.54) is 4.90 Å². The van der Waals surface area contributed by atoms with Gasteiger partial charge in [-0.3, -0.25) is 14.4 Å². The summed E-state index contributed by atoms with van der Waals surface area (Å²) in [6.45, 7) is 3.90. The highest BCUT2D eigenvalue weighted by Gasteiger charge is 2.33. The fourth-order valence-electron chi connectivity index (χ4n) is 4.42. The molecule has 0 saturated heterocycles. The maximum Gasteiger partial charge on any atom is 0.323 e. The van der Waals surface area contributed by atoms with E-state index in [2.05, 4.69) is 5.32 Å². The van der Waals surface area contributed by atoms with Crippen LogP contribution in [0.3, 0.4) is 0 Å². The number of hydrogen-bond acceptors (Lipinski definition) is 5. The van der Waals surface area contributed by atoms with E-state index in [0.29, 0.717) is 32.4 Å². The number of fused-ring (bicyclic) bond motifs is 1. The first-order chi connectivity index (χ1) is 15.9. The molecule has 7 heteroatoms. The number of rotatable bonds is 11. The lowest BCUT2D eigenvalue weighted by Crippen LogP contribution is -2.51. The number of carbonyl (C=O) groups excluding carboxylic acids is 2. The second-order valence-electron chi connectivity index (χ2n) is 8.37. The highest BCUT2D eigenvalue weighted by atomic mass is 16.5. The molecule has 176 valence electrons. The van der Waals surface area contributed by atoms with Crippen LogP contribution in [0.25, 0.3) is 0 Å². The molecule has 0 bridgehead atoms. The van der Waals surface area contributed by atoms with Crippen LogP contribution in [0.15, 0.2) is 54.6 Å². The Labute approximate surface area is 194 Å². The number of carboxylic acids is 1. The molecular formula is C26H32N2O5. The molecular weight excluding hydrogens is 420 g/mol. The standard InChI is InChI=1S/C26H32N2O5/c1-3-33-26(32)23(19-9-5-4-6-10-19)13-14-27-18(2)25(31)28(17-24(29)30)22-15-20-11-7-8-12-21(20)16-22/h4-12,18,22-23,27H,3,13-17H2,1-2H3,(H,29,30)/t18-,23-/m0/s1. The van der Waals surface area contributed by atoms with Gasteiger partial charge in [0.25, 0.3) is 0 Å². The molecule has 3 rings (SSSR count). The van der Waals surface area contributed by atoms with Gasteiger partial charge < -0.3 is 20.1 Å². The number of benzene rings is 2. The molecule has 2 aromatic carbocycles. The number of ether oxygens (including phenoxy) is 1. The highest BCUT2D eigenvalue weighted by molar-refractivity contribution is 5.85. The van der Waals surface area contributed by atoms with Gasteiger partial charge in [0.15, 0.2) is 0 Å². The van der Waals surface area contributed by atoms with Crippen LogP contribution in [0.4, 0.5) is 0 Å². The predicted molar refractivity (Wildman–Crippen MR) is 125 cm³/mol. The zero-order valence-corrected chi connectivity index (χ0v) is 19.2. The van der Waals surface area contributed by atoms with Gasteiger partial charge in [-0.05, 0) is 56.3 Å². The van der Waals surface area contributed by atoms with Gasteiger partial charge in [-0.1, -0.05) is 54.6 Å². The van der Waals surface area contributed by atoms with E-state index in [-0.39, 0.29) is 24.5 Å². The Kier molecular flexibility index (Phi) is 8.60. The van der Waals surface area contributed by atoms with E-state index < -0.39 is 17.9 Å². The minimum absolute atomic E-state index is 0.174. The first-order valence-electron chi connectivity index (χ1n) is 11.4. The van der Waals surface area contributed by atoms with E-state index in [1.54, 1.807) is 13.8 Å². The first-order valence-corrected chi connectivity index (χ1v) is 11.4. The molecule has 1 aliphatic rings. The summed E-state index contributed by atoms with van der Waals surface area (Å²) < 4.78 is 5.24. The molecule has 0 heterocycles. The summed E-state index contributed by atoms with van der Waals surface area (Å²) in [5.41, 5.74) is 3.19. The van der Waals surface area contributed by atoms with Crippen molar-refractivity contribution in [2.75, 3.05) is 19.7 Å². The Morgan fingerprint density at radius 2 is 1.67 bits per heavy atom. The molecule has 33 heavy (non-hydrogen) atoms. The van der Waals surface area contributed by atoms with E-state index in [1.807, 2.05) is 54.6 Å². The van der Waals surface area contributed by atoms with E-state index in [0.717, 1.165) is 16.7 Å². The van der Waals surface area contributed by atoms with Crippen LogP contribution in [0.1, 0.15) is 42.9 Å². The minimum Gasteiger partial charge on any atom is -0.480 e. The first kappa shape index (κ1) is 24.5. The number of aliphatic carboxylic acids is 1. The quantitative estimate of drug-likeness (QED) is 0.509. The lowest BCUT2D eigenvalue weighted by molar-refractivity contribution is -0.147. The predicted octanol–water partition coefficient (Wildman–Crippen LogP) is 2.78. The topological polar surface area (TPSA) is 95.9 Å². The largest absolute Gasteiger partial charge is 0.480 e. The van der Waals surface area contributed by atoms with E-state index in [4.69, 9.17) is 4.74 Å². The molecule has 1 amide bonds. The van der Waals surface area contributed by atoms with Gasteiger partial charge in [0.05, 0.1) is 18.6 Å². The molecule has 0 spiro atoms. The van der Waals surface area contributed by atoms with Gasteiger partial charge >= 0.3 is 11.9 Å². The molecule has 7 nitrogen and oxygen atoms in total. The Bertz CT molecular complexity index is 937. The van der Waals surface area contributed by atoms with Crippen molar-refractivity contribution in [3.8, 4) is 0 Å². The molecule has 0 aliphatic heterocycles. The van der Waals surface area contributed by atoms with Crippen LogP contribution in [0, 0.1) is 0 Å². The number of carbonyl (C=O) groups is 3. The summed E-state index contributed by atoms with van der Waals surface area (Å²) >= 11 is 0. The zero-order chi connectivity index (χ0) is 23.8. The highest BCUT2D eigenvalue weighted by Crippen LogP contribution is 2.26. The van der Waals surface area contributed by atoms with Crippen LogP contribution < -0.4 is 5.32 Å². The number of nitrogens with zero attached hydrogens (tertiary/aromatic N) is 1. The number of amides is 1. The Morgan fingerprint density at radius 1 is 1.06 bits per heavy atom. The molecule has 1 aliphatic carbocycles. The van der Waals surface area contributed by atoms with Crippen molar-refractivity contribution >= 4 is 17.8 Å². The fraction of sp³-hybridized carbons (Fsp3) is 0.423. The van der Waals surface area contributed by atoms with Crippen molar-refractivity contribution in [3.05, 3.63) is 71.3 Å². The third-order valence-corrected chi connectivity index (χ3v) is 6.09. The average Bonchev–Trinajstić information content (AvgIpc) is 3.24. The Balaban J connectivity index is 1.62. The van der Waals surface area contributed by atoms with Crippen molar-refractivity contribution in [3.63, 3.8) is 0 Å². The molecule has 0 saturated carbocycles. The van der Waals surface area contributed by atoms with Crippen molar-refractivity contribution in [2.24, 2.45) is 0 Å². The summed E-state index contributed by atoms with van der Waals surface area (Å²) in [4.78, 5) is 38.7. The molecule has 0 unspecified atom stereocenters. The second-order valence-corrected chi connectivity index (χ2v) is 8.37. The van der Waals surface area contributed by atoms with Gasteiger partial charge in [0.2, 0.25) is 5.91 Å². The molecule has 0 fully saturated rings. The number of esters is 1. The summed E-state index contributed by atoms with van der Waals surface area (Å²) in [7, 11) is 0. The van der Waals surface area contributed by atoms with Crippen molar-refractivity contribution in [2.45, 2.75) is 51.1 Å². The van der Waals surface area contributed by atoms with E-state index in [9.17, 15) is 19.5 Å². The molecule has 2 aromatic rings.